The van der Waals surface area contributed by atoms with Crippen molar-refractivity contribution in [3.63, 3.8) is 0 Å². The van der Waals surface area contributed by atoms with Gasteiger partial charge in [0.15, 0.2) is 11.0 Å². The number of methoxy groups -OCH3 is 2. The predicted molar refractivity (Wildman–Crippen MR) is 146 cm³/mol. The van der Waals surface area contributed by atoms with E-state index in [1.165, 1.54) is 23.8 Å². The van der Waals surface area contributed by atoms with Crippen LogP contribution in [0.3, 0.4) is 0 Å². The van der Waals surface area contributed by atoms with Gasteiger partial charge in [-0.3, -0.25) is 14.5 Å². The number of hydrogen-bond donors (Lipinski definition) is 0. The third-order valence-corrected chi connectivity index (χ3v) is 6.99. The monoisotopic (exact) mass is 520 g/mol. The fourth-order valence-electron chi connectivity index (χ4n) is 3.61. The van der Waals surface area contributed by atoms with Gasteiger partial charge in [0.1, 0.15) is 17.2 Å². The number of halogens is 1. The van der Waals surface area contributed by atoms with Crippen molar-refractivity contribution in [3.05, 3.63) is 94.1 Å². The van der Waals surface area contributed by atoms with Gasteiger partial charge in [-0.1, -0.05) is 65.3 Å². The largest absolute Gasteiger partial charge is 0.497 e. The van der Waals surface area contributed by atoms with Gasteiger partial charge in [0.05, 0.1) is 30.2 Å². The van der Waals surface area contributed by atoms with Crippen LogP contribution in [0.25, 0.3) is 6.08 Å². The van der Waals surface area contributed by atoms with E-state index < -0.39 is 5.25 Å². The Balaban J connectivity index is 1.69. The zero-order valence-corrected chi connectivity index (χ0v) is 21.9. The number of benzene rings is 3. The normalized spacial score (nSPS) is 15.1. The van der Waals surface area contributed by atoms with Crippen LogP contribution >= 0.6 is 23.4 Å². The van der Waals surface area contributed by atoms with Crippen molar-refractivity contribution < 1.29 is 19.1 Å². The Labute approximate surface area is 219 Å². The van der Waals surface area contributed by atoms with Gasteiger partial charge in [0, 0.05) is 11.6 Å². The molecule has 0 N–H and O–H groups in total. The van der Waals surface area contributed by atoms with Crippen LogP contribution < -0.4 is 14.4 Å². The summed E-state index contributed by atoms with van der Waals surface area (Å²) in [7, 11) is 3.11. The molecule has 8 heteroatoms. The standard InChI is InChI=1S/C28H25ClN2O4S/c1-17-5-9-20(10-6-17)26(32)18(2)36-28-30-24(15-19-7-12-22(34-3)13-8-19)27(33)31(28)21-11-14-23(29)25(16-21)35-4/h5-16,18H,1-4H3/b24-15-. The fourth-order valence-corrected chi connectivity index (χ4v) is 4.81. The number of Topliss-reactive ketones (excluding diaryl/α,β-unsaturated/α-hetero) is 1. The molecule has 0 saturated carbocycles. The molecule has 36 heavy (non-hydrogen) atoms. The Hall–Kier alpha value is -3.55. The summed E-state index contributed by atoms with van der Waals surface area (Å²) in [5.41, 5.74) is 3.28. The van der Waals surface area contributed by atoms with E-state index in [0.29, 0.717) is 32.9 Å². The summed E-state index contributed by atoms with van der Waals surface area (Å²) in [6, 6.07) is 19.8. The summed E-state index contributed by atoms with van der Waals surface area (Å²) in [5, 5.41) is 0.351. The predicted octanol–water partition coefficient (Wildman–Crippen LogP) is 6.41. The highest BCUT2D eigenvalue weighted by molar-refractivity contribution is 8.15. The van der Waals surface area contributed by atoms with Gasteiger partial charge in [-0.25, -0.2) is 4.99 Å². The lowest BCUT2D eigenvalue weighted by Crippen LogP contribution is -2.32. The molecule has 3 aromatic rings. The summed E-state index contributed by atoms with van der Waals surface area (Å²) in [5.74, 6) is 0.791. The number of ketones is 1. The average molecular weight is 521 g/mol. The number of nitrogens with zero attached hydrogens (tertiary/aromatic N) is 2. The van der Waals surface area contributed by atoms with E-state index in [-0.39, 0.29) is 17.4 Å². The van der Waals surface area contributed by atoms with Crippen molar-refractivity contribution in [2.75, 3.05) is 19.1 Å². The Bertz CT molecular complexity index is 1350. The number of anilines is 1. The number of amides is 1. The van der Waals surface area contributed by atoms with Crippen LogP contribution in [0.1, 0.15) is 28.4 Å². The molecule has 1 heterocycles. The van der Waals surface area contributed by atoms with Gasteiger partial charge in [-0.05, 0) is 49.8 Å². The van der Waals surface area contributed by atoms with Crippen LogP contribution in [-0.4, -0.2) is 36.3 Å². The first kappa shape index (κ1) is 25.5. The molecule has 1 aliphatic heterocycles. The van der Waals surface area contributed by atoms with Gasteiger partial charge in [-0.2, -0.15) is 0 Å². The van der Waals surface area contributed by atoms with Crippen LogP contribution in [0.2, 0.25) is 5.02 Å². The molecule has 0 bridgehead atoms. The molecule has 0 spiro atoms. The summed E-state index contributed by atoms with van der Waals surface area (Å²) in [6.45, 7) is 3.78. The smallest absolute Gasteiger partial charge is 0.283 e. The Morgan fingerprint density at radius 3 is 2.36 bits per heavy atom. The first-order valence-corrected chi connectivity index (χ1v) is 12.5. The van der Waals surface area contributed by atoms with E-state index >= 15 is 0 Å². The third-order valence-electron chi connectivity index (χ3n) is 5.63. The molecule has 4 rings (SSSR count). The first-order valence-electron chi connectivity index (χ1n) is 11.2. The number of rotatable bonds is 7. The van der Waals surface area contributed by atoms with Crippen LogP contribution in [0, 0.1) is 6.92 Å². The molecule has 3 aromatic carbocycles. The summed E-state index contributed by atoms with van der Waals surface area (Å²) < 4.78 is 10.6. The molecule has 184 valence electrons. The molecule has 1 unspecified atom stereocenters. The highest BCUT2D eigenvalue weighted by Crippen LogP contribution is 2.36. The van der Waals surface area contributed by atoms with E-state index in [9.17, 15) is 9.59 Å². The molecule has 1 amide bonds. The van der Waals surface area contributed by atoms with Crippen molar-refractivity contribution in [3.8, 4) is 11.5 Å². The van der Waals surface area contributed by atoms with Crippen LogP contribution in [0.15, 0.2) is 77.4 Å². The molecule has 0 fully saturated rings. The molecule has 0 saturated heterocycles. The number of carbonyl (C=O) groups is 2. The highest BCUT2D eigenvalue weighted by atomic mass is 35.5. The second-order valence-electron chi connectivity index (χ2n) is 8.15. The van der Waals surface area contributed by atoms with Crippen molar-refractivity contribution in [1.29, 1.82) is 0 Å². The Morgan fingerprint density at radius 2 is 1.72 bits per heavy atom. The van der Waals surface area contributed by atoms with E-state index in [2.05, 4.69) is 4.99 Å². The van der Waals surface area contributed by atoms with Crippen LogP contribution in [-0.2, 0) is 4.79 Å². The van der Waals surface area contributed by atoms with Crippen molar-refractivity contribution in [2.24, 2.45) is 4.99 Å². The van der Waals surface area contributed by atoms with Gasteiger partial charge >= 0.3 is 0 Å². The molecule has 1 atom stereocenters. The average Bonchev–Trinajstić information content (AvgIpc) is 3.18. The van der Waals surface area contributed by atoms with Crippen LogP contribution in [0.5, 0.6) is 11.5 Å². The minimum atomic E-state index is -0.476. The quantitative estimate of drug-likeness (QED) is 0.266. The highest BCUT2D eigenvalue weighted by Gasteiger charge is 2.34. The lowest BCUT2D eigenvalue weighted by atomic mass is 10.1. The minimum absolute atomic E-state index is 0.0450. The third kappa shape index (κ3) is 5.48. The van der Waals surface area contributed by atoms with Gasteiger partial charge in [0.25, 0.3) is 5.91 Å². The maximum Gasteiger partial charge on any atom is 0.283 e. The van der Waals surface area contributed by atoms with Crippen molar-refractivity contribution in [1.82, 2.24) is 0 Å². The number of ether oxygens (including phenoxy) is 2. The number of amidine groups is 1. The lowest BCUT2D eigenvalue weighted by Gasteiger charge is -2.20. The van der Waals surface area contributed by atoms with Crippen molar-refractivity contribution in [2.45, 2.75) is 19.1 Å². The molecular weight excluding hydrogens is 496 g/mol. The number of carbonyl (C=O) groups excluding carboxylic acids is 2. The maximum absolute atomic E-state index is 13.5. The minimum Gasteiger partial charge on any atom is -0.497 e. The van der Waals surface area contributed by atoms with E-state index in [1.807, 2.05) is 62.4 Å². The number of aliphatic imine (C=N–C) groups is 1. The number of aryl methyl sites for hydroxylation is 1. The summed E-state index contributed by atoms with van der Waals surface area (Å²) >= 11 is 7.44. The molecule has 0 aliphatic carbocycles. The molecule has 1 aliphatic rings. The van der Waals surface area contributed by atoms with Gasteiger partial charge in [0.2, 0.25) is 0 Å². The molecule has 6 nitrogen and oxygen atoms in total. The topological polar surface area (TPSA) is 68.2 Å². The van der Waals surface area contributed by atoms with Gasteiger partial charge in [-0.15, -0.1) is 0 Å². The zero-order valence-electron chi connectivity index (χ0n) is 20.3. The van der Waals surface area contributed by atoms with E-state index in [1.54, 1.807) is 31.4 Å². The molecule has 0 aromatic heterocycles. The summed E-state index contributed by atoms with van der Waals surface area (Å²) in [4.78, 5) is 32.8. The summed E-state index contributed by atoms with van der Waals surface area (Å²) in [6.07, 6.45) is 1.71. The SMILES string of the molecule is COc1ccc(/C=C2\N=C(SC(C)C(=O)c3ccc(C)cc3)N(c3ccc(Cl)c(OC)c3)C2=O)cc1. The Morgan fingerprint density at radius 1 is 1.03 bits per heavy atom. The Kier molecular flexibility index (Phi) is 7.82. The zero-order chi connectivity index (χ0) is 25.8. The maximum atomic E-state index is 13.5. The number of hydrogen-bond acceptors (Lipinski definition) is 6. The molecule has 0 radical (unpaired) electrons. The van der Waals surface area contributed by atoms with Gasteiger partial charge < -0.3 is 9.47 Å². The fraction of sp³-hybridized carbons (Fsp3) is 0.179. The first-order chi connectivity index (χ1) is 17.3. The lowest BCUT2D eigenvalue weighted by molar-refractivity contribution is -0.113. The second-order valence-corrected chi connectivity index (χ2v) is 9.86. The van der Waals surface area contributed by atoms with Crippen molar-refractivity contribution >= 4 is 52.0 Å². The molecular formula is C28H25ClN2O4S. The second kappa shape index (κ2) is 11.0. The van der Waals surface area contributed by atoms with E-state index in [0.717, 1.165) is 11.1 Å². The number of thioether (sulfide) groups is 1. The van der Waals surface area contributed by atoms with E-state index in [4.69, 9.17) is 21.1 Å². The van der Waals surface area contributed by atoms with Crippen LogP contribution in [0.4, 0.5) is 5.69 Å².